The van der Waals surface area contributed by atoms with E-state index in [9.17, 15) is 4.79 Å². The van der Waals surface area contributed by atoms with Gasteiger partial charge in [-0.15, -0.1) is 24.0 Å². The number of halogens is 2. The van der Waals surface area contributed by atoms with Gasteiger partial charge in [0.15, 0.2) is 5.96 Å². The minimum atomic E-state index is -0.197. The third-order valence-electron chi connectivity index (χ3n) is 3.06. The zero-order valence-corrected chi connectivity index (χ0v) is 16.2. The lowest BCUT2D eigenvalue weighted by Gasteiger charge is -2.31. The molecule has 1 amide bonds. The van der Waals surface area contributed by atoms with Crippen LogP contribution in [-0.2, 0) is 9.53 Å². The first kappa shape index (κ1) is 19.2. The van der Waals surface area contributed by atoms with Crippen LogP contribution in [0.25, 0.3) is 0 Å². The number of morpholine rings is 1. The first-order chi connectivity index (χ1) is 10.0. The van der Waals surface area contributed by atoms with E-state index in [2.05, 4.69) is 26.2 Å². The molecule has 0 aromatic heterocycles. The molecule has 0 aliphatic carbocycles. The Balaban J connectivity index is 0.00000242. The van der Waals surface area contributed by atoms with E-state index in [0.29, 0.717) is 25.7 Å². The summed E-state index contributed by atoms with van der Waals surface area (Å²) in [6.07, 6.45) is 0.128. The van der Waals surface area contributed by atoms with Crippen LogP contribution in [0.5, 0.6) is 0 Å². The zero-order valence-electron chi connectivity index (χ0n) is 12.3. The number of rotatable bonds is 3. The number of amides is 1. The Morgan fingerprint density at radius 1 is 1.59 bits per heavy atom. The van der Waals surface area contributed by atoms with Gasteiger partial charge in [-0.1, -0.05) is 22.0 Å². The lowest BCUT2D eigenvalue weighted by Crippen LogP contribution is -2.48. The van der Waals surface area contributed by atoms with Crippen molar-refractivity contribution in [1.29, 1.82) is 0 Å². The maximum atomic E-state index is 11.8. The number of nitrogens with two attached hydrogens (primary N) is 1. The third kappa shape index (κ3) is 6.09. The van der Waals surface area contributed by atoms with Gasteiger partial charge in [0.1, 0.15) is 6.54 Å². The van der Waals surface area contributed by atoms with Gasteiger partial charge < -0.3 is 20.7 Å². The van der Waals surface area contributed by atoms with Crippen LogP contribution in [-0.4, -0.2) is 49.1 Å². The minimum Gasteiger partial charge on any atom is -0.375 e. The molecule has 0 radical (unpaired) electrons. The Morgan fingerprint density at radius 3 is 3.05 bits per heavy atom. The van der Waals surface area contributed by atoms with Crippen LogP contribution in [0.1, 0.15) is 6.92 Å². The number of nitrogens with zero attached hydrogens (tertiary/aromatic N) is 2. The molecule has 1 unspecified atom stereocenters. The van der Waals surface area contributed by atoms with Crippen molar-refractivity contribution in [3.8, 4) is 0 Å². The number of benzene rings is 1. The maximum Gasteiger partial charge on any atom is 0.246 e. The van der Waals surface area contributed by atoms with E-state index >= 15 is 0 Å². The van der Waals surface area contributed by atoms with Crippen molar-refractivity contribution in [2.75, 3.05) is 31.6 Å². The van der Waals surface area contributed by atoms with E-state index in [1.807, 2.05) is 36.1 Å². The molecule has 1 aromatic rings. The number of ether oxygens (including phenoxy) is 1. The second-order valence-electron chi connectivity index (χ2n) is 4.86. The molecule has 3 N–H and O–H groups in total. The molecule has 122 valence electrons. The standard InChI is InChI=1S/C14H19BrN4O2.HI/c1-10-9-19(5-6-21-10)14(16)17-8-13(20)18-12-4-2-3-11(15)7-12;/h2-4,7,10H,5-6,8-9H2,1H3,(H2,16,17)(H,18,20);1H. The lowest BCUT2D eigenvalue weighted by atomic mass is 10.3. The summed E-state index contributed by atoms with van der Waals surface area (Å²) in [4.78, 5) is 17.9. The predicted octanol–water partition coefficient (Wildman–Crippen LogP) is 2.04. The molecule has 1 heterocycles. The number of hydrogen-bond donors (Lipinski definition) is 2. The van der Waals surface area contributed by atoms with Gasteiger partial charge >= 0.3 is 0 Å². The molecule has 1 aromatic carbocycles. The number of carbonyl (C=O) groups excluding carboxylic acids is 1. The van der Waals surface area contributed by atoms with E-state index in [4.69, 9.17) is 10.5 Å². The van der Waals surface area contributed by atoms with E-state index in [0.717, 1.165) is 10.2 Å². The molecule has 0 bridgehead atoms. The van der Waals surface area contributed by atoms with E-state index in [-0.39, 0.29) is 42.5 Å². The summed E-state index contributed by atoms with van der Waals surface area (Å²) in [6, 6.07) is 7.39. The van der Waals surface area contributed by atoms with Gasteiger partial charge in [-0.05, 0) is 25.1 Å². The molecule has 1 atom stereocenters. The molecule has 6 nitrogen and oxygen atoms in total. The van der Waals surface area contributed by atoms with Gasteiger partial charge in [0, 0.05) is 23.2 Å². The Morgan fingerprint density at radius 2 is 2.36 bits per heavy atom. The van der Waals surface area contributed by atoms with Crippen LogP contribution in [0.3, 0.4) is 0 Å². The van der Waals surface area contributed by atoms with Crippen molar-refractivity contribution < 1.29 is 9.53 Å². The average Bonchev–Trinajstić information content (AvgIpc) is 2.45. The van der Waals surface area contributed by atoms with Crippen molar-refractivity contribution in [2.24, 2.45) is 10.7 Å². The molecule has 2 rings (SSSR count). The van der Waals surface area contributed by atoms with Crippen LogP contribution >= 0.6 is 39.9 Å². The van der Waals surface area contributed by atoms with Crippen molar-refractivity contribution in [1.82, 2.24) is 4.90 Å². The van der Waals surface area contributed by atoms with Crippen molar-refractivity contribution in [2.45, 2.75) is 13.0 Å². The number of carbonyl (C=O) groups is 1. The normalized spacial score (nSPS) is 18.5. The first-order valence-electron chi connectivity index (χ1n) is 6.76. The number of aliphatic imine (C=N–C) groups is 1. The number of nitrogens with one attached hydrogen (secondary N) is 1. The molecule has 22 heavy (non-hydrogen) atoms. The lowest BCUT2D eigenvalue weighted by molar-refractivity contribution is -0.114. The Labute approximate surface area is 155 Å². The van der Waals surface area contributed by atoms with Crippen molar-refractivity contribution >= 4 is 57.5 Å². The topological polar surface area (TPSA) is 80.0 Å². The van der Waals surface area contributed by atoms with Crippen LogP contribution < -0.4 is 11.1 Å². The Bertz CT molecular complexity index is 541. The van der Waals surface area contributed by atoms with Gasteiger partial charge in [0.2, 0.25) is 5.91 Å². The van der Waals surface area contributed by atoms with Crippen LogP contribution in [0, 0.1) is 0 Å². The van der Waals surface area contributed by atoms with Crippen LogP contribution in [0.4, 0.5) is 5.69 Å². The third-order valence-corrected chi connectivity index (χ3v) is 3.55. The molecular formula is C14H20BrIN4O2. The zero-order chi connectivity index (χ0) is 15.2. The molecular weight excluding hydrogens is 463 g/mol. The summed E-state index contributed by atoms with van der Waals surface area (Å²) < 4.78 is 6.35. The summed E-state index contributed by atoms with van der Waals surface area (Å²) in [7, 11) is 0. The smallest absolute Gasteiger partial charge is 0.246 e. The summed E-state index contributed by atoms with van der Waals surface area (Å²) in [5, 5.41) is 2.78. The van der Waals surface area contributed by atoms with Gasteiger partial charge in [-0.25, -0.2) is 4.99 Å². The highest BCUT2D eigenvalue weighted by Crippen LogP contribution is 2.15. The van der Waals surface area contributed by atoms with Crippen LogP contribution in [0.15, 0.2) is 33.7 Å². The fraction of sp³-hybridized carbons (Fsp3) is 0.429. The van der Waals surface area contributed by atoms with E-state index in [1.54, 1.807) is 0 Å². The van der Waals surface area contributed by atoms with Gasteiger partial charge in [-0.2, -0.15) is 0 Å². The van der Waals surface area contributed by atoms with Gasteiger partial charge in [0.25, 0.3) is 0 Å². The summed E-state index contributed by atoms with van der Waals surface area (Å²) >= 11 is 3.35. The average molecular weight is 483 g/mol. The molecule has 1 fully saturated rings. The predicted molar refractivity (Wildman–Crippen MR) is 102 cm³/mol. The maximum absolute atomic E-state index is 11.8. The Kier molecular flexibility index (Phi) is 8.12. The highest BCUT2D eigenvalue weighted by molar-refractivity contribution is 14.0. The second-order valence-corrected chi connectivity index (χ2v) is 5.78. The highest BCUT2D eigenvalue weighted by atomic mass is 127. The Hall–Kier alpha value is -0.870. The van der Waals surface area contributed by atoms with E-state index in [1.165, 1.54) is 0 Å². The SMILES string of the molecule is CC1CN(C(N)=NCC(=O)Nc2cccc(Br)c2)CCO1.I. The largest absolute Gasteiger partial charge is 0.375 e. The highest BCUT2D eigenvalue weighted by Gasteiger charge is 2.18. The first-order valence-corrected chi connectivity index (χ1v) is 7.56. The summed E-state index contributed by atoms with van der Waals surface area (Å²) in [5.74, 6) is 0.187. The molecule has 0 spiro atoms. The fourth-order valence-electron chi connectivity index (χ4n) is 2.05. The van der Waals surface area contributed by atoms with Crippen molar-refractivity contribution in [3.05, 3.63) is 28.7 Å². The second kappa shape index (κ2) is 9.31. The molecule has 8 heteroatoms. The summed E-state index contributed by atoms with van der Waals surface area (Å²) in [6.45, 7) is 4.01. The molecule has 1 saturated heterocycles. The quantitative estimate of drug-likeness (QED) is 0.392. The molecule has 0 saturated carbocycles. The van der Waals surface area contributed by atoms with Gasteiger partial charge in [0.05, 0.1) is 12.7 Å². The summed E-state index contributed by atoms with van der Waals surface area (Å²) in [5.41, 5.74) is 6.63. The minimum absolute atomic E-state index is 0. The number of anilines is 1. The molecule has 1 aliphatic heterocycles. The number of guanidine groups is 1. The molecule has 1 aliphatic rings. The monoisotopic (exact) mass is 482 g/mol. The van der Waals surface area contributed by atoms with Gasteiger partial charge in [-0.3, -0.25) is 4.79 Å². The number of hydrogen-bond acceptors (Lipinski definition) is 3. The fourth-order valence-corrected chi connectivity index (χ4v) is 2.45. The van der Waals surface area contributed by atoms with Crippen molar-refractivity contribution in [3.63, 3.8) is 0 Å². The van der Waals surface area contributed by atoms with Crippen LogP contribution in [0.2, 0.25) is 0 Å². The van der Waals surface area contributed by atoms with E-state index < -0.39 is 0 Å².